The van der Waals surface area contributed by atoms with Crippen LogP contribution in [0.1, 0.15) is 11.1 Å². The lowest BCUT2D eigenvalue weighted by atomic mass is 10.1. The molecule has 0 amide bonds. The Labute approximate surface area is 86.1 Å². The monoisotopic (exact) mass is 204 g/mol. The summed E-state index contributed by atoms with van der Waals surface area (Å²) in [7, 11) is 0. The van der Waals surface area contributed by atoms with E-state index < -0.39 is 0 Å². The summed E-state index contributed by atoms with van der Waals surface area (Å²) in [4.78, 5) is 3.00. The van der Waals surface area contributed by atoms with Crippen LogP contribution in [-0.4, -0.2) is 0 Å². The maximum absolute atomic E-state index is 2.23. The molecular formula is C11H8S2. The number of fused-ring (bicyclic) bond motifs is 2. The first-order chi connectivity index (χ1) is 6.45. The van der Waals surface area contributed by atoms with Crippen molar-refractivity contribution >= 4 is 28.4 Å². The highest BCUT2D eigenvalue weighted by molar-refractivity contribution is 8.16. The second-order valence-corrected chi connectivity index (χ2v) is 5.01. The second kappa shape index (κ2) is 2.96. The van der Waals surface area contributed by atoms with E-state index in [9.17, 15) is 0 Å². The predicted octanol–water partition coefficient (Wildman–Crippen LogP) is 3.86. The molecule has 13 heavy (non-hydrogen) atoms. The Morgan fingerprint density at radius 3 is 2.85 bits per heavy atom. The van der Waals surface area contributed by atoms with Crippen molar-refractivity contribution < 1.29 is 0 Å². The third-order valence-electron chi connectivity index (χ3n) is 2.32. The average Bonchev–Trinajstić information content (AvgIpc) is 2.56. The van der Waals surface area contributed by atoms with E-state index >= 15 is 0 Å². The minimum atomic E-state index is 1.13. The highest BCUT2D eigenvalue weighted by Gasteiger charge is 2.22. The fourth-order valence-electron chi connectivity index (χ4n) is 1.73. The number of rotatable bonds is 0. The van der Waals surface area contributed by atoms with Gasteiger partial charge in [0.2, 0.25) is 0 Å². The van der Waals surface area contributed by atoms with E-state index in [4.69, 9.17) is 0 Å². The second-order valence-electron chi connectivity index (χ2n) is 3.09. The molecule has 0 bridgehead atoms. The van der Waals surface area contributed by atoms with Crippen LogP contribution in [0.5, 0.6) is 0 Å². The van der Waals surface area contributed by atoms with Crippen LogP contribution in [0.4, 0.5) is 0 Å². The number of benzene rings is 1. The molecule has 0 spiro atoms. The van der Waals surface area contributed by atoms with E-state index in [0.717, 1.165) is 6.42 Å². The molecule has 0 nitrogen and oxygen atoms in total. The molecular weight excluding hydrogens is 196 g/mol. The van der Waals surface area contributed by atoms with Gasteiger partial charge < -0.3 is 0 Å². The van der Waals surface area contributed by atoms with Crippen LogP contribution >= 0.6 is 23.5 Å². The van der Waals surface area contributed by atoms with Crippen LogP contribution in [0.2, 0.25) is 0 Å². The summed E-state index contributed by atoms with van der Waals surface area (Å²) in [5.74, 6) is 0. The molecule has 0 unspecified atom stereocenters. The SMILES string of the molecule is C1=CSC2=C(Cc3ccccc32)S1. The molecule has 1 aliphatic heterocycles. The Bertz CT molecular complexity index is 416. The van der Waals surface area contributed by atoms with Crippen LogP contribution in [0, 0.1) is 0 Å². The molecule has 0 fully saturated rings. The summed E-state index contributed by atoms with van der Waals surface area (Å²) in [6, 6.07) is 8.71. The molecule has 3 rings (SSSR count). The molecule has 64 valence electrons. The molecule has 0 saturated heterocycles. The lowest BCUT2D eigenvalue weighted by molar-refractivity contribution is 1.29. The zero-order valence-electron chi connectivity index (χ0n) is 6.99. The van der Waals surface area contributed by atoms with Gasteiger partial charge in [-0.05, 0) is 21.9 Å². The largest absolute Gasteiger partial charge is 0.100 e. The van der Waals surface area contributed by atoms with Crippen LogP contribution < -0.4 is 0 Å². The van der Waals surface area contributed by atoms with Gasteiger partial charge in [-0.3, -0.25) is 0 Å². The van der Waals surface area contributed by atoms with Crippen LogP contribution in [0.15, 0.2) is 40.0 Å². The molecule has 0 aromatic heterocycles. The third kappa shape index (κ3) is 1.17. The molecule has 2 aliphatic rings. The number of thioether (sulfide) groups is 2. The minimum Gasteiger partial charge on any atom is -0.100 e. The first-order valence-electron chi connectivity index (χ1n) is 4.25. The molecule has 0 atom stereocenters. The van der Waals surface area contributed by atoms with Gasteiger partial charge in [0.1, 0.15) is 0 Å². The van der Waals surface area contributed by atoms with Gasteiger partial charge in [0.15, 0.2) is 0 Å². The molecule has 0 saturated carbocycles. The Kier molecular flexibility index (Phi) is 1.77. The van der Waals surface area contributed by atoms with E-state index in [1.54, 1.807) is 0 Å². The van der Waals surface area contributed by atoms with Crippen LogP contribution in [0.25, 0.3) is 4.91 Å². The number of hydrogen-bond donors (Lipinski definition) is 0. The van der Waals surface area contributed by atoms with E-state index in [0.29, 0.717) is 0 Å². The van der Waals surface area contributed by atoms with Gasteiger partial charge in [-0.15, -0.1) is 11.8 Å². The van der Waals surface area contributed by atoms with Crippen molar-refractivity contribution in [1.82, 2.24) is 0 Å². The zero-order chi connectivity index (χ0) is 8.67. The van der Waals surface area contributed by atoms with Crippen molar-refractivity contribution in [2.75, 3.05) is 0 Å². The summed E-state index contributed by atoms with van der Waals surface area (Å²) in [5, 5.41) is 4.35. The fourth-order valence-corrected chi connectivity index (χ4v) is 3.75. The molecule has 1 aliphatic carbocycles. The summed E-state index contributed by atoms with van der Waals surface area (Å²) in [6.45, 7) is 0. The molecule has 1 aromatic rings. The highest BCUT2D eigenvalue weighted by atomic mass is 32.2. The van der Waals surface area contributed by atoms with Gasteiger partial charge in [0, 0.05) is 16.2 Å². The third-order valence-corrected chi connectivity index (χ3v) is 4.50. The van der Waals surface area contributed by atoms with Gasteiger partial charge in [0.05, 0.1) is 0 Å². The standard InChI is InChI=1S/C11H8S2/c1-2-4-9-8(3-1)7-10-11(9)13-6-5-12-10/h1-6H,7H2. The normalized spacial score (nSPS) is 18.8. The molecule has 1 heterocycles. The zero-order valence-corrected chi connectivity index (χ0v) is 8.62. The van der Waals surface area contributed by atoms with Crippen molar-refractivity contribution in [2.24, 2.45) is 0 Å². The molecule has 1 aromatic carbocycles. The molecule has 0 N–H and O–H groups in total. The topological polar surface area (TPSA) is 0 Å². The first-order valence-corrected chi connectivity index (χ1v) is 6.01. The maximum atomic E-state index is 2.23. The number of hydrogen-bond acceptors (Lipinski definition) is 2. The summed E-state index contributed by atoms with van der Waals surface area (Å²) in [6.07, 6.45) is 1.13. The Morgan fingerprint density at radius 1 is 1.00 bits per heavy atom. The molecule has 2 heteroatoms. The van der Waals surface area contributed by atoms with Gasteiger partial charge in [0.25, 0.3) is 0 Å². The van der Waals surface area contributed by atoms with Crippen molar-refractivity contribution in [3.63, 3.8) is 0 Å². The average molecular weight is 204 g/mol. The Balaban J connectivity index is 2.13. The van der Waals surface area contributed by atoms with Crippen LogP contribution in [-0.2, 0) is 6.42 Å². The van der Waals surface area contributed by atoms with Gasteiger partial charge in [-0.1, -0.05) is 36.0 Å². The van der Waals surface area contributed by atoms with Crippen molar-refractivity contribution in [3.05, 3.63) is 51.1 Å². The van der Waals surface area contributed by atoms with Gasteiger partial charge >= 0.3 is 0 Å². The lowest BCUT2D eigenvalue weighted by Crippen LogP contribution is -1.79. The van der Waals surface area contributed by atoms with Crippen molar-refractivity contribution in [1.29, 1.82) is 0 Å². The van der Waals surface area contributed by atoms with Gasteiger partial charge in [-0.2, -0.15) is 0 Å². The molecule has 0 radical (unpaired) electrons. The van der Waals surface area contributed by atoms with Crippen molar-refractivity contribution in [3.8, 4) is 0 Å². The fraction of sp³-hybridized carbons (Fsp3) is 0.0909. The lowest BCUT2D eigenvalue weighted by Gasteiger charge is -2.06. The maximum Gasteiger partial charge on any atom is 0.0293 e. The Hall–Kier alpha value is -0.600. The Morgan fingerprint density at radius 2 is 1.85 bits per heavy atom. The quantitative estimate of drug-likeness (QED) is 0.629. The van der Waals surface area contributed by atoms with E-state index in [-0.39, 0.29) is 0 Å². The van der Waals surface area contributed by atoms with Crippen molar-refractivity contribution in [2.45, 2.75) is 6.42 Å². The van der Waals surface area contributed by atoms with E-state index in [1.165, 1.54) is 20.9 Å². The van der Waals surface area contributed by atoms with Crippen LogP contribution in [0.3, 0.4) is 0 Å². The van der Waals surface area contributed by atoms with E-state index in [1.807, 2.05) is 23.5 Å². The summed E-state index contributed by atoms with van der Waals surface area (Å²) < 4.78 is 0. The first kappa shape index (κ1) is 7.77. The summed E-state index contributed by atoms with van der Waals surface area (Å²) in [5.41, 5.74) is 2.93. The smallest absolute Gasteiger partial charge is 0.0293 e. The minimum absolute atomic E-state index is 1.13. The predicted molar refractivity (Wildman–Crippen MR) is 61.4 cm³/mol. The van der Waals surface area contributed by atoms with E-state index in [2.05, 4.69) is 35.1 Å². The summed E-state index contributed by atoms with van der Waals surface area (Å²) >= 11 is 3.72. The van der Waals surface area contributed by atoms with Gasteiger partial charge in [-0.25, -0.2) is 0 Å². The highest BCUT2D eigenvalue weighted by Crippen LogP contribution is 2.48. The number of allylic oxidation sites excluding steroid dienone is 1.